The summed E-state index contributed by atoms with van der Waals surface area (Å²) in [6, 6.07) is 7.90. The molecule has 0 N–H and O–H groups in total. The third-order valence-electron chi connectivity index (χ3n) is 3.76. The van der Waals surface area contributed by atoms with E-state index in [4.69, 9.17) is 4.74 Å². The molecule has 0 bridgehead atoms. The van der Waals surface area contributed by atoms with E-state index in [-0.39, 0.29) is 11.1 Å². The van der Waals surface area contributed by atoms with Gasteiger partial charge in [-0.25, -0.2) is 18.0 Å². The quantitative estimate of drug-likeness (QED) is 0.522. The van der Waals surface area contributed by atoms with Gasteiger partial charge in [0, 0.05) is 17.5 Å². The predicted molar refractivity (Wildman–Crippen MR) is 87.4 cm³/mol. The van der Waals surface area contributed by atoms with Crippen LogP contribution in [0.1, 0.15) is 26.4 Å². The number of ether oxygens (including phenoxy) is 1. The standard InChI is InChI=1S/C19H12F3NO3/c1-10-15(6-11-2-3-13(21)8-17(11)23-10)19(25)26-9-18(24)14-5-4-12(20)7-16(14)22/h2-8H,9H2,1H3. The van der Waals surface area contributed by atoms with Gasteiger partial charge in [-0.05, 0) is 37.3 Å². The summed E-state index contributed by atoms with van der Waals surface area (Å²) in [5.41, 5.74) is 0.413. The highest BCUT2D eigenvalue weighted by atomic mass is 19.1. The Morgan fingerprint density at radius 3 is 2.38 bits per heavy atom. The number of benzene rings is 2. The molecule has 0 spiro atoms. The van der Waals surface area contributed by atoms with Crippen molar-refractivity contribution in [3.63, 3.8) is 0 Å². The number of aryl methyl sites for hydroxylation is 1. The zero-order valence-electron chi connectivity index (χ0n) is 13.6. The lowest BCUT2D eigenvalue weighted by atomic mass is 10.1. The number of pyridine rings is 1. The van der Waals surface area contributed by atoms with Crippen LogP contribution in [0.5, 0.6) is 0 Å². The van der Waals surface area contributed by atoms with Gasteiger partial charge in [-0.15, -0.1) is 0 Å². The van der Waals surface area contributed by atoms with Crippen LogP contribution in [-0.2, 0) is 4.74 Å². The molecule has 0 aliphatic heterocycles. The number of esters is 1. The number of aromatic nitrogens is 1. The number of hydrogen-bond donors (Lipinski definition) is 0. The molecule has 4 nitrogen and oxygen atoms in total. The Labute approximate surface area is 146 Å². The van der Waals surface area contributed by atoms with Crippen molar-refractivity contribution in [2.75, 3.05) is 6.61 Å². The van der Waals surface area contributed by atoms with Crippen LogP contribution in [0.25, 0.3) is 10.9 Å². The van der Waals surface area contributed by atoms with E-state index in [2.05, 4.69) is 4.98 Å². The van der Waals surface area contributed by atoms with E-state index in [0.717, 1.165) is 12.1 Å². The molecule has 0 radical (unpaired) electrons. The monoisotopic (exact) mass is 359 g/mol. The third kappa shape index (κ3) is 3.56. The highest BCUT2D eigenvalue weighted by molar-refractivity contribution is 6.00. The molecule has 0 atom stereocenters. The number of nitrogens with zero attached hydrogens (tertiary/aromatic N) is 1. The molecule has 132 valence electrons. The van der Waals surface area contributed by atoms with Crippen molar-refractivity contribution in [2.24, 2.45) is 0 Å². The predicted octanol–water partition coefficient (Wildman–Crippen LogP) is 4.00. The minimum absolute atomic E-state index is 0.108. The lowest BCUT2D eigenvalue weighted by Gasteiger charge is -2.08. The summed E-state index contributed by atoms with van der Waals surface area (Å²) < 4.78 is 44.6. The number of Topliss-reactive ketones (excluding diaryl/α,β-unsaturated/α-hetero) is 1. The van der Waals surface area contributed by atoms with Crippen LogP contribution in [0.3, 0.4) is 0 Å². The Kier molecular flexibility index (Phi) is 4.71. The zero-order chi connectivity index (χ0) is 18.8. The van der Waals surface area contributed by atoms with Gasteiger partial charge in [0.1, 0.15) is 17.5 Å². The van der Waals surface area contributed by atoms with Gasteiger partial charge < -0.3 is 4.74 Å². The molecule has 0 aliphatic carbocycles. The van der Waals surface area contributed by atoms with E-state index in [1.165, 1.54) is 24.3 Å². The fourth-order valence-electron chi connectivity index (χ4n) is 2.45. The molecule has 1 aromatic heterocycles. The first-order chi connectivity index (χ1) is 12.3. The zero-order valence-corrected chi connectivity index (χ0v) is 13.6. The molecule has 0 saturated heterocycles. The molecule has 3 rings (SSSR count). The lowest BCUT2D eigenvalue weighted by molar-refractivity contribution is 0.0472. The van der Waals surface area contributed by atoms with Gasteiger partial charge in [0.2, 0.25) is 5.78 Å². The number of ketones is 1. The van der Waals surface area contributed by atoms with Crippen molar-refractivity contribution in [3.8, 4) is 0 Å². The SMILES string of the molecule is Cc1nc2cc(F)ccc2cc1C(=O)OCC(=O)c1ccc(F)cc1F. The summed E-state index contributed by atoms with van der Waals surface area (Å²) in [4.78, 5) is 28.3. The molecule has 7 heteroatoms. The highest BCUT2D eigenvalue weighted by Crippen LogP contribution is 2.19. The fraction of sp³-hybridized carbons (Fsp3) is 0.105. The fourth-order valence-corrected chi connectivity index (χ4v) is 2.45. The van der Waals surface area contributed by atoms with E-state index >= 15 is 0 Å². The summed E-state index contributed by atoms with van der Waals surface area (Å²) in [5, 5.41) is 0.528. The number of carbonyl (C=O) groups excluding carboxylic acids is 2. The molecular weight excluding hydrogens is 347 g/mol. The van der Waals surface area contributed by atoms with Crippen molar-refractivity contribution in [2.45, 2.75) is 6.92 Å². The maximum Gasteiger partial charge on any atom is 0.340 e. The van der Waals surface area contributed by atoms with Gasteiger partial charge in [0.25, 0.3) is 0 Å². The second kappa shape index (κ2) is 6.95. The maximum atomic E-state index is 13.6. The van der Waals surface area contributed by atoms with E-state index in [1.54, 1.807) is 6.92 Å². The number of carbonyl (C=O) groups is 2. The van der Waals surface area contributed by atoms with Crippen LogP contribution >= 0.6 is 0 Å². The maximum absolute atomic E-state index is 13.6. The first-order valence-electron chi connectivity index (χ1n) is 7.57. The molecule has 2 aromatic carbocycles. The van der Waals surface area contributed by atoms with Crippen molar-refractivity contribution in [3.05, 3.63) is 76.7 Å². The first kappa shape index (κ1) is 17.6. The van der Waals surface area contributed by atoms with Crippen LogP contribution in [0, 0.1) is 24.4 Å². The minimum Gasteiger partial charge on any atom is -0.454 e. The molecule has 1 heterocycles. The van der Waals surface area contributed by atoms with Crippen LogP contribution in [-0.4, -0.2) is 23.3 Å². The molecule has 0 fully saturated rings. The van der Waals surface area contributed by atoms with Gasteiger partial charge >= 0.3 is 5.97 Å². The van der Waals surface area contributed by atoms with Gasteiger partial charge in [-0.2, -0.15) is 0 Å². The van der Waals surface area contributed by atoms with Crippen molar-refractivity contribution >= 4 is 22.7 Å². The van der Waals surface area contributed by atoms with Gasteiger partial charge in [0.05, 0.1) is 22.3 Å². The van der Waals surface area contributed by atoms with Crippen LogP contribution in [0.2, 0.25) is 0 Å². The number of rotatable bonds is 4. The van der Waals surface area contributed by atoms with Crippen LogP contribution in [0.4, 0.5) is 13.2 Å². The van der Waals surface area contributed by atoms with Crippen molar-refractivity contribution < 1.29 is 27.5 Å². The summed E-state index contributed by atoms with van der Waals surface area (Å²) >= 11 is 0. The average Bonchev–Trinajstić information content (AvgIpc) is 2.58. The van der Waals surface area contributed by atoms with E-state index in [0.29, 0.717) is 22.7 Å². The molecule has 0 unspecified atom stereocenters. The second-order valence-electron chi connectivity index (χ2n) is 5.58. The number of fused-ring (bicyclic) bond motifs is 1. The topological polar surface area (TPSA) is 56.3 Å². The van der Waals surface area contributed by atoms with E-state index in [9.17, 15) is 22.8 Å². The minimum atomic E-state index is -1.03. The summed E-state index contributed by atoms with van der Waals surface area (Å²) in [5.74, 6) is -3.92. The van der Waals surface area contributed by atoms with Gasteiger partial charge in [-0.1, -0.05) is 0 Å². The Bertz CT molecular complexity index is 1030. The Hall–Kier alpha value is -3.22. The molecule has 0 amide bonds. The van der Waals surface area contributed by atoms with Gasteiger partial charge in [0.15, 0.2) is 6.61 Å². The third-order valence-corrected chi connectivity index (χ3v) is 3.76. The van der Waals surface area contributed by atoms with E-state index in [1.807, 2.05) is 0 Å². The first-order valence-corrected chi connectivity index (χ1v) is 7.57. The smallest absolute Gasteiger partial charge is 0.340 e. The van der Waals surface area contributed by atoms with E-state index < -0.39 is 35.8 Å². The summed E-state index contributed by atoms with van der Waals surface area (Å²) in [7, 11) is 0. The second-order valence-corrected chi connectivity index (χ2v) is 5.58. The van der Waals surface area contributed by atoms with Crippen molar-refractivity contribution in [1.29, 1.82) is 0 Å². The van der Waals surface area contributed by atoms with Crippen molar-refractivity contribution in [1.82, 2.24) is 4.98 Å². The Morgan fingerprint density at radius 2 is 1.65 bits per heavy atom. The average molecular weight is 359 g/mol. The highest BCUT2D eigenvalue weighted by Gasteiger charge is 2.18. The summed E-state index contributed by atoms with van der Waals surface area (Å²) in [6.07, 6.45) is 0. The molecule has 0 aliphatic rings. The van der Waals surface area contributed by atoms with Gasteiger partial charge in [-0.3, -0.25) is 9.78 Å². The molecule has 0 saturated carbocycles. The molecular formula is C19H12F3NO3. The lowest BCUT2D eigenvalue weighted by Crippen LogP contribution is -2.16. The molecule has 3 aromatic rings. The number of hydrogen-bond acceptors (Lipinski definition) is 4. The normalized spacial score (nSPS) is 10.8. The molecule has 26 heavy (non-hydrogen) atoms. The van der Waals surface area contributed by atoms with Crippen LogP contribution in [0.15, 0.2) is 42.5 Å². The van der Waals surface area contributed by atoms with Crippen LogP contribution < -0.4 is 0 Å². The number of halogens is 3. The summed E-state index contributed by atoms with van der Waals surface area (Å²) in [6.45, 7) is 0.838. The Morgan fingerprint density at radius 1 is 0.962 bits per heavy atom. The Balaban J connectivity index is 1.77. The largest absolute Gasteiger partial charge is 0.454 e.